The summed E-state index contributed by atoms with van der Waals surface area (Å²) in [4.78, 5) is 28.0. The Kier molecular flexibility index (Phi) is 6.34. The number of carbonyl (C=O) groups is 2. The van der Waals surface area contributed by atoms with Crippen molar-refractivity contribution in [2.24, 2.45) is 5.92 Å². The number of carbonyl (C=O) groups excluding carboxylic acids is 2. The largest absolute Gasteiger partial charge is 0.416 e. The van der Waals surface area contributed by atoms with E-state index in [1.54, 1.807) is 49.1 Å². The zero-order valence-corrected chi connectivity index (χ0v) is 16.9. The third-order valence-electron chi connectivity index (χ3n) is 5.03. The lowest BCUT2D eigenvalue weighted by Crippen LogP contribution is -2.48. The van der Waals surface area contributed by atoms with E-state index < -0.39 is 11.7 Å². The van der Waals surface area contributed by atoms with Crippen molar-refractivity contribution in [1.29, 1.82) is 0 Å². The second-order valence-electron chi connectivity index (χ2n) is 7.55. The van der Waals surface area contributed by atoms with Crippen LogP contribution in [0.25, 0.3) is 0 Å². The Hall–Kier alpha value is -3.03. The quantitative estimate of drug-likeness (QED) is 0.806. The molecule has 0 aromatic heterocycles. The molecule has 1 fully saturated rings. The third kappa shape index (κ3) is 5.11. The minimum atomic E-state index is -4.38. The molecule has 0 spiro atoms. The number of piperazine rings is 1. The molecular formula is C22H24F3N3O2. The normalized spacial score (nSPS) is 14.7. The van der Waals surface area contributed by atoms with Gasteiger partial charge in [0, 0.05) is 49.0 Å². The summed E-state index contributed by atoms with van der Waals surface area (Å²) in [5.74, 6) is -0.375. The van der Waals surface area contributed by atoms with E-state index in [1.165, 1.54) is 6.07 Å². The predicted octanol–water partition coefficient (Wildman–Crippen LogP) is 4.26. The van der Waals surface area contributed by atoms with E-state index in [-0.39, 0.29) is 17.7 Å². The molecule has 2 amide bonds. The number of amides is 2. The van der Waals surface area contributed by atoms with Crippen LogP contribution in [0.1, 0.15) is 29.8 Å². The molecular weight excluding hydrogens is 395 g/mol. The van der Waals surface area contributed by atoms with Gasteiger partial charge in [-0.25, -0.2) is 0 Å². The highest BCUT2D eigenvalue weighted by atomic mass is 19.4. The highest BCUT2D eigenvalue weighted by Crippen LogP contribution is 2.32. The first-order chi connectivity index (χ1) is 14.1. The fraction of sp³-hybridized carbons (Fsp3) is 0.364. The molecule has 3 rings (SSSR count). The first-order valence-electron chi connectivity index (χ1n) is 9.77. The smallest absolute Gasteiger partial charge is 0.368 e. The summed E-state index contributed by atoms with van der Waals surface area (Å²) >= 11 is 0. The van der Waals surface area contributed by atoms with E-state index in [0.717, 1.165) is 12.1 Å². The van der Waals surface area contributed by atoms with Gasteiger partial charge in [-0.3, -0.25) is 9.59 Å². The van der Waals surface area contributed by atoms with Crippen LogP contribution in [0.3, 0.4) is 0 Å². The molecule has 160 valence electrons. The summed E-state index contributed by atoms with van der Waals surface area (Å²) in [6, 6.07) is 11.9. The summed E-state index contributed by atoms with van der Waals surface area (Å²) in [7, 11) is 0. The summed E-state index contributed by atoms with van der Waals surface area (Å²) in [6.07, 6.45) is -4.38. The van der Waals surface area contributed by atoms with E-state index >= 15 is 0 Å². The van der Waals surface area contributed by atoms with Crippen LogP contribution < -0.4 is 10.2 Å². The average Bonchev–Trinajstić information content (AvgIpc) is 2.73. The molecule has 1 heterocycles. The number of benzene rings is 2. The lowest BCUT2D eigenvalue weighted by Gasteiger charge is -2.36. The topological polar surface area (TPSA) is 52.7 Å². The van der Waals surface area contributed by atoms with Gasteiger partial charge >= 0.3 is 6.18 Å². The van der Waals surface area contributed by atoms with E-state index in [4.69, 9.17) is 0 Å². The van der Waals surface area contributed by atoms with E-state index in [1.807, 2.05) is 4.90 Å². The molecule has 5 nitrogen and oxygen atoms in total. The zero-order chi connectivity index (χ0) is 21.9. The molecule has 0 unspecified atom stereocenters. The van der Waals surface area contributed by atoms with Gasteiger partial charge in [0.2, 0.25) is 5.91 Å². The fourth-order valence-electron chi connectivity index (χ4n) is 3.21. The van der Waals surface area contributed by atoms with E-state index in [0.29, 0.717) is 43.1 Å². The molecule has 1 aliphatic rings. The van der Waals surface area contributed by atoms with Crippen molar-refractivity contribution < 1.29 is 22.8 Å². The molecule has 2 aromatic carbocycles. The van der Waals surface area contributed by atoms with Crippen molar-refractivity contribution in [2.45, 2.75) is 20.0 Å². The van der Waals surface area contributed by atoms with Crippen molar-refractivity contribution >= 4 is 23.2 Å². The monoisotopic (exact) mass is 419 g/mol. The van der Waals surface area contributed by atoms with Gasteiger partial charge in [-0.1, -0.05) is 19.9 Å². The minimum absolute atomic E-state index is 0.0974. The molecule has 0 saturated carbocycles. The Morgan fingerprint density at radius 3 is 2.17 bits per heavy atom. The molecule has 8 heteroatoms. The highest BCUT2D eigenvalue weighted by molar-refractivity contribution is 5.96. The number of halogens is 3. The van der Waals surface area contributed by atoms with Gasteiger partial charge in [-0.15, -0.1) is 0 Å². The van der Waals surface area contributed by atoms with Gasteiger partial charge in [-0.05, 0) is 42.5 Å². The van der Waals surface area contributed by atoms with Crippen molar-refractivity contribution in [3.63, 3.8) is 0 Å². The zero-order valence-electron chi connectivity index (χ0n) is 16.9. The van der Waals surface area contributed by atoms with Crippen molar-refractivity contribution in [1.82, 2.24) is 4.90 Å². The Balaban J connectivity index is 1.60. The molecule has 0 radical (unpaired) electrons. The molecule has 0 bridgehead atoms. The first-order valence-corrected chi connectivity index (χ1v) is 9.77. The number of hydrogen-bond donors (Lipinski definition) is 1. The summed E-state index contributed by atoms with van der Waals surface area (Å²) in [5.41, 5.74) is 0.954. The van der Waals surface area contributed by atoms with Crippen molar-refractivity contribution in [2.75, 3.05) is 36.4 Å². The number of alkyl halides is 3. The predicted molar refractivity (Wildman–Crippen MR) is 109 cm³/mol. The Labute approximate surface area is 173 Å². The van der Waals surface area contributed by atoms with Gasteiger partial charge in [0.25, 0.3) is 5.91 Å². The molecule has 2 aromatic rings. The van der Waals surface area contributed by atoms with Crippen LogP contribution in [-0.2, 0) is 11.0 Å². The molecule has 1 saturated heterocycles. The maximum atomic E-state index is 12.9. The fourth-order valence-corrected chi connectivity index (χ4v) is 3.21. The van der Waals surface area contributed by atoms with Crippen molar-refractivity contribution in [3.8, 4) is 0 Å². The standard InChI is InChI=1S/C22H24F3N3O2/c1-15(2)20(29)26-18-8-6-16(7-9-18)21(30)28-12-10-27(11-13-28)19-5-3-4-17(14-19)22(23,24)25/h3-9,14-15H,10-13H2,1-2H3,(H,26,29). The molecule has 1 N–H and O–H groups in total. The van der Waals surface area contributed by atoms with Crippen LogP contribution in [0.2, 0.25) is 0 Å². The maximum absolute atomic E-state index is 12.9. The van der Waals surface area contributed by atoms with Crippen LogP contribution in [0.15, 0.2) is 48.5 Å². The Morgan fingerprint density at radius 2 is 1.60 bits per heavy atom. The molecule has 1 aliphatic heterocycles. The van der Waals surface area contributed by atoms with Gasteiger partial charge in [0.15, 0.2) is 0 Å². The van der Waals surface area contributed by atoms with Crippen LogP contribution in [-0.4, -0.2) is 42.9 Å². The number of rotatable bonds is 4. The summed E-state index contributed by atoms with van der Waals surface area (Å²) in [5, 5.41) is 2.78. The first kappa shape index (κ1) is 21.7. The van der Waals surface area contributed by atoms with Gasteiger partial charge in [0.05, 0.1) is 5.56 Å². The van der Waals surface area contributed by atoms with E-state index in [9.17, 15) is 22.8 Å². The molecule has 30 heavy (non-hydrogen) atoms. The number of nitrogens with zero attached hydrogens (tertiary/aromatic N) is 2. The number of anilines is 2. The van der Waals surface area contributed by atoms with Crippen LogP contribution in [0, 0.1) is 5.92 Å². The van der Waals surface area contributed by atoms with E-state index in [2.05, 4.69) is 5.32 Å². The second-order valence-corrected chi connectivity index (χ2v) is 7.55. The Bertz CT molecular complexity index is 903. The summed E-state index contributed by atoms with van der Waals surface area (Å²) < 4.78 is 38.8. The number of nitrogens with one attached hydrogen (secondary N) is 1. The van der Waals surface area contributed by atoms with Crippen LogP contribution in [0.5, 0.6) is 0 Å². The minimum Gasteiger partial charge on any atom is -0.368 e. The van der Waals surface area contributed by atoms with Crippen molar-refractivity contribution in [3.05, 3.63) is 59.7 Å². The highest BCUT2D eigenvalue weighted by Gasteiger charge is 2.31. The van der Waals surface area contributed by atoms with Crippen LogP contribution in [0.4, 0.5) is 24.5 Å². The lowest BCUT2D eigenvalue weighted by atomic mass is 10.1. The molecule has 0 atom stereocenters. The van der Waals surface area contributed by atoms with Gasteiger partial charge < -0.3 is 15.1 Å². The van der Waals surface area contributed by atoms with Gasteiger partial charge in [-0.2, -0.15) is 13.2 Å². The second kappa shape index (κ2) is 8.77. The van der Waals surface area contributed by atoms with Gasteiger partial charge in [0.1, 0.15) is 0 Å². The maximum Gasteiger partial charge on any atom is 0.416 e. The third-order valence-corrected chi connectivity index (χ3v) is 5.03. The Morgan fingerprint density at radius 1 is 0.967 bits per heavy atom. The lowest BCUT2D eigenvalue weighted by molar-refractivity contribution is -0.137. The average molecular weight is 419 g/mol. The SMILES string of the molecule is CC(C)C(=O)Nc1ccc(C(=O)N2CCN(c3cccc(C(F)(F)F)c3)CC2)cc1. The molecule has 0 aliphatic carbocycles. The summed E-state index contributed by atoms with van der Waals surface area (Å²) in [6.45, 7) is 5.34. The van der Waals surface area contributed by atoms with Crippen LogP contribution >= 0.6 is 0 Å². The number of hydrogen-bond acceptors (Lipinski definition) is 3.